The molecule has 53 heavy (non-hydrogen) atoms. The van der Waals surface area contributed by atoms with Crippen LogP contribution in [0.5, 0.6) is 0 Å². The Morgan fingerprint density at radius 1 is 0.830 bits per heavy atom. The lowest BCUT2D eigenvalue weighted by molar-refractivity contribution is -0.235. The number of Topliss-reactive ketones (excluding diaryl/α,β-unsaturated/α-hetero) is 1. The van der Waals surface area contributed by atoms with E-state index in [4.69, 9.17) is 10.5 Å². The third kappa shape index (κ3) is 5.28. The summed E-state index contributed by atoms with van der Waals surface area (Å²) >= 11 is 0. The van der Waals surface area contributed by atoms with Gasteiger partial charge in [0.15, 0.2) is 5.78 Å². The fraction of sp³-hybridized carbons (Fsp3) is 0.766. The maximum atomic E-state index is 14.0. The van der Waals surface area contributed by atoms with Gasteiger partial charge in [-0.25, -0.2) is 0 Å². The molecule has 0 radical (unpaired) electrons. The van der Waals surface area contributed by atoms with Crippen molar-refractivity contribution < 1.29 is 19.1 Å². The van der Waals surface area contributed by atoms with Gasteiger partial charge in [-0.05, 0) is 145 Å². The van der Waals surface area contributed by atoms with Crippen molar-refractivity contribution in [2.45, 2.75) is 163 Å². The third-order valence-corrected chi connectivity index (χ3v) is 18.3. The number of nitrogens with two attached hydrogens (primary N) is 1. The first-order valence-corrected chi connectivity index (χ1v) is 21.4. The summed E-state index contributed by atoms with van der Waals surface area (Å²) in [6.07, 6.45) is 12.0. The van der Waals surface area contributed by atoms with E-state index in [1.807, 2.05) is 0 Å². The number of allylic oxidation sites excluding steroid dienone is 1. The number of amides is 1. The van der Waals surface area contributed by atoms with Crippen LogP contribution in [-0.4, -0.2) is 34.8 Å². The minimum atomic E-state index is -0.764. The van der Waals surface area contributed by atoms with Crippen molar-refractivity contribution in [2.75, 3.05) is 0 Å². The fourth-order valence-corrected chi connectivity index (χ4v) is 14.5. The molecule has 7 aliphatic rings. The molecule has 0 aliphatic heterocycles. The molecular formula is C47H68N2O4. The number of rotatable bonds is 7. The molecule has 0 bridgehead atoms. The normalized spacial score (nSPS) is 43.1. The quantitative estimate of drug-likeness (QED) is 0.274. The van der Waals surface area contributed by atoms with E-state index < -0.39 is 11.1 Å². The lowest BCUT2D eigenvalue weighted by atomic mass is 9.33. The average molecular weight is 725 g/mol. The Labute approximate surface area is 319 Å². The Hall–Kier alpha value is -2.47. The molecule has 0 unspecified atom stereocenters. The number of ether oxygens (including phenoxy) is 1. The molecule has 7 aliphatic carbocycles. The molecule has 1 aromatic carbocycles. The molecule has 1 amide bonds. The van der Waals surface area contributed by atoms with Crippen LogP contribution in [0, 0.1) is 62.6 Å². The summed E-state index contributed by atoms with van der Waals surface area (Å²) in [7, 11) is 0. The molecule has 290 valence electrons. The van der Waals surface area contributed by atoms with E-state index in [0.717, 1.165) is 82.6 Å². The summed E-state index contributed by atoms with van der Waals surface area (Å²) in [6.45, 7) is 21.4. The van der Waals surface area contributed by atoms with Crippen molar-refractivity contribution in [3.8, 4) is 0 Å². The number of hydrogen-bond acceptors (Lipinski definition) is 5. The van der Waals surface area contributed by atoms with Gasteiger partial charge in [0, 0.05) is 11.8 Å². The van der Waals surface area contributed by atoms with Crippen LogP contribution in [0.25, 0.3) is 0 Å². The van der Waals surface area contributed by atoms with Gasteiger partial charge in [-0.15, -0.1) is 0 Å². The summed E-state index contributed by atoms with van der Waals surface area (Å²) < 4.78 is 6.65. The van der Waals surface area contributed by atoms with Crippen molar-refractivity contribution in [2.24, 2.45) is 68.3 Å². The number of carbonyl (C=O) groups excluding carboxylic acids is 3. The highest BCUT2D eigenvalue weighted by molar-refractivity contribution is 6.03. The van der Waals surface area contributed by atoms with E-state index in [1.165, 1.54) is 11.1 Å². The smallest absolute Gasteiger partial charge is 0.309 e. The minimum Gasteiger partial charge on any atom is -0.462 e. The van der Waals surface area contributed by atoms with Crippen molar-refractivity contribution in [1.82, 2.24) is 5.32 Å². The van der Waals surface area contributed by atoms with Crippen LogP contribution in [0.2, 0.25) is 0 Å². The molecule has 10 atom stereocenters. The second-order valence-corrected chi connectivity index (χ2v) is 21.7. The van der Waals surface area contributed by atoms with Crippen LogP contribution in [0.3, 0.4) is 0 Å². The van der Waals surface area contributed by atoms with E-state index >= 15 is 0 Å². The van der Waals surface area contributed by atoms with Crippen LogP contribution in [-0.2, 0) is 25.5 Å². The highest BCUT2D eigenvalue weighted by Gasteiger charge is 2.71. The number of carbonyl (C=O) groups is 3. The zero-order chi connectivity index (χ0) is 38.1. The van der Waals surface area contributed by atoms with Crippen LogP contribution < -0.4 is 11.1 Å². The fourth-order valence-electron chi connectivity index (χ4n) is 14.5. The lowest BCUT2D eigenvalue weighted by Crippen LogP contribution is -2.68. The maximum absolute atomic E-state index is 14.0. The SMILES string of the molecule is CC(C)C1=C2[C@H]3CC[C@@H]4[C@@]5(C)CC[C@H](OC(=O)[C@@H]6C[C@H](Cc7ccccc7)C6(C)C)C(C)(C)[C@@H]5CC[C@@]4(C)[C@]3(C)CC[C@@]2(NC(=O)C2(N)CC2)CC1=O. The number of ketones is 1. The minimum absolute atomic E-state index is 0.0232. The first-order chi connectivity index (χ1) is 24.7. The largest absolute Gasteiger partial charge is 0.462 e. The summed E-state index contributed by atoms with van der Waals surface area (Å²) in [4.78, 5) is 41.4. The Morgan fingerprint density at radius 2 is 1.53 bits per heavy atom. The van der Waals surface area contributed by atoms with Crippen molar-refractivity contribution in [1.29, 1.82) is 0 Å². The second-order valence-electron chi connectivity index (χ2n) is 21.7. The van der Waals surface area contributed by atoms with Crippen molar-refractivity contribution >= 4 is 17.7 Å². The third-order valence-electron chi connectivity index (χ3n) is 18.3. The molecule has 0 spiro atoms. The molecule has 0 heterocycles. The molecular weight excluding hydrogens is 657 g/mol. The van der Waals surface area contributed by atoms with E-state index in [0.29, 0.717) is 24.2 Å². The number of hydrogen-bond donors (Lipinski definition) is 2. The second kappa shape index (κ2) is 12.0. The van der Waals surface area contributed by atoms with Gasteiger partial charge in [0.1, 0.15) is 6.10 Å². The van der Waals surface area contributed by atoms with Crippen LogP contribution in [0.15, 0.2) is 41.5 Å². The summed E-state index contributed by atoms with van der Waals surface area (Å²) in [5, 5.41) is 3.48. The molecule has 6 heteroatoms. The summed E-state index contributed by atoms with van der Waals surface area (Å²) in [5.41, 5.74) is 8.80. The zero-order valence-corrected chi connectivity index (χ0v) is 34.3. The Balaban J connectivity index is 1.02. The standard InChI is InChI=1S/C47H68N2O4/c1-28(2)37-33(50)27-47(49-40(52)46(48)22-23-46)24-21-44(8)31(38(37)47)15-16-35-43(7)19-18-36(42(5,6)34(43)17-20-45(35,44)9)53-39(51)32-26-30(41(32,3)4)25-29-13-11-10-12-14-29/h10-14,28,30-32,34-36H,15-27,48H2,1-9H3,(H,49,52)/t30-,31+,32-,34-,35+,36-,43-,44+,45+,47+/m0/s1. The monoisotopic (exact) mass is 725 g/mol. The molecule has 0 saturated heterocycles. The molecule has 3 N–H and O–H groups in total. The van der Waals surface area contributed by atoms with Gasteiger partial charge in [-0.2, -0.15) is 0 Å². The highest BCUT2D eigenvalue weighted by Crippen LogP contribution is 2.76. The van der Waals surface area contributed by atoms with Crippen LogP contribution in [0.4, 0.5) is 0 Å². The van der Waals surface area contributed by atoms with Gasteiger partial charge >= 0.3 is 5.97 Å². The zero-order valence-electron chi connectivity index (χ0n) is 34.3. The number of benzene rings is 1. The van der Waals surface area contributed by atoms with Gasteiger partial charge in [-0.1, -0.05) is 92.6 Å². The molecule has 6 nitrogen and oxygen atoms in total. The Kier molecular flexibility index (Phi) is 8.49. The maximum Gasteiger partial charge on any atom is 0.309 e. The summed E-state index contributed by atoms with van der Waals surface area (Å²) in [5.74, 6) is 2.07. The predicted molar refractivity (Wildman–Crippen MR) is 209 cm³/mol. The summed E-state index contributed by atoms with van der Waals surface area (Å²) in [6, 6.07) is 10.7. The molecule has 0 aromatic heterocycles. The first kappa shape index (κ1) is 37.5. The number of nitrogens with one attached hydrogen (secondary N) is 1. The Bertz CT molecular complexity index is 1720. The van der Waals surface area contributed by atoms with E-state index in [2.05, 4.69) is 98.0 Å². The number of fused-ring (bicyclic) bond motifs is 7. The van der Waals surface area contributed by atoms with Crippen LogP contribution >= 0.6 is 0 Å². The topological polar surface area (TPSA) is 98.5 Å². The van der Waals surface area contributed by atoms with Crippen molar-refractivity contribution in [3.63, 3.8) is 0 Å². The molecule has 6 fully saturated rings. The van der Waals surface area contributed by atoms with E-state index in [-0.39, 0.29) is 68.6 Å². The Morgan fingerprint density at radius 3 is 2.17 bits per heavy atom. The molecule has 1 aromatic rings. The van der Waals surface area contributed by atoms with E-state index in [1.54, 1.807) is 0 Å². The first-order valence-electron chi connectivity index (χ1n) is 21.4. The van der Waals surface area contributed by atoms with Gasteiger partial charge in [0.25, 0.3) is 0 Å². The van der Waals surface area contributed by atoms with Crippen molar-refractivity contribution in [3.05, 3.63) is 47.0 Å². The number of esters is 1. The van der Waals surface area contributed by atoms with Gasteiger partial charge in [0.2, 0.25) is 5.91 Å². The van der Waals surface area contributed by atoms with E-state index in [9.17, 15) is 14.4 Å². The average Bonchev–Trinajstić information content (AvgIpc) is 3.77. The lowest BCUT2D eigenvalue weighted by Gasteiger charge is -2.72. The van der Waals surface area contributed by atoms with Gasteiger partial charge in [0.05, 0.1) is 17.0 Å². The van der Waals surface area contributed by atoms with Gasteiger partial charge in [-0.3, -0.25) is 14.4 Å². The van der Waals surface area contributed by atoms with Crippen LogP contribution in [0.1, 0.15) is 145 Å². The molecule has 6 saturated carbocycles. The highest BCUT2D eigenvalue weighted by atomic mass is 16.5. The van der Waals surface area contributed by atoms with Gasteiger partial charge < -0.3 is 15.8 Å². The molecule has 8 rings (SSSR count). The predicted octanol–water partition coefficient (Wildman–Crippen LogP) is 9.14.